The van der Waals surface area contributed by atoms with Crippen LogP contribution in [-0.4, -0.2) is 24.9 Å². The summed E-state index contributed by atoms with van der Waals surface area (Å²) in [6, 6.07) is 5.45. The van der Waals surface area contributed by atoms with E-state index in [-0.39, 0.29) is 6.61 Å². The lowest BCUT2D eigenvalue weighted by Gasteiger charge is -2.07. The van der Waals surface area contributed by atoms with E-state index in [9.17, 15) is 4.79 Å². The maximum absolute atomic E-state index is 11.0. The average Bonchev–Trinajstić information content (AvgIpc) is 2.32. The van der Waals surface area contributed by atoms with Gasteiger partial charge >= 0.3 is 6.09 Å². The van der Waals surface area contributed by atoms with Crippen molar-refractivity contribution in [1.29, 1.82) is 0 Å². The number of rotatable bonds is 2. The molecule has 0 saturated heterocycles. The third-order valence-electron chi connectivity index (χ3n) is 2.12. The summed E-state index contributed by atoms with van der Waals surface area (Å²) in [6.07, 6.45) is -0.0338. The molecule has 0 heterocycles. The highest BCUT2D eigenvalue weighted by molar-refractivity contribution is 5.85. The summed E-state index contributed by atoms with van der Waals surface area (Å²) in [5.41, 5.74) is 2.46. The number of hydrogen-bond acceptors (Lipinski definition) is 3. The van der Waals surface area contributed by atoms with Crippen molar-refractivity contribution in [3.05, 3.63) is 29.3 Å². The van der Waals surface area contributed by atoms with Gasteiger partial charge in [-0.15, -0.1) is 0 Å². The van der Waals surface area contributed by atoms with Crippen LogP contribution in [0.1, 0.15) is 17.5 Å². The van der Waals surface area contributed by atoms with Crippen molar-refractivity contribution in [3.63, 3.8) is 0 Å². The van der Waals surface area contributed by atoms with E-state index in [1.165, 1.54) is 7.11 Å². The Balaban J connectivity index is 2.80. The molecule has 90 valence electrons. The van der Waals surface area contributed by atoms with Crippen LogP contribution in [0.3, 0.4) is 0 Å². The number of hydrogen-bond donors (Lipinski definition) is 2. The fourth-order valence-electron chi connectivity index (χ4n) is 1.26. The number of amides is 1. The van der Waals surface area contributed by atoms with Gasteiger partial charge in [-0.2, -0.15) is 0 Å². The minimum Gasteiger partial charge on any atom is -0.453 e. The van der Waals surface area contributed by atoms with E-state index in [1.54, 1.807) is 6.07 Å². The Morgan fingerprint density at radius 3 is 2.88 bits per heavy atom. The molecule has 0 saturated carbocycles. The molecule has 0 atom stereocenters. The van der Waals surface area contributed by atoms with Crippen molar-refractivity contribution in [3.8, 4) is 11.8 Å². The summed E-state index contributed by atoms with van der Waals surface area (Å²) in [7, 11) is 1.32. The summed E-state index contributed by atoms with van der Waals surface area (Å²) in [4.78, 5) is 11.0. The van der Waals surface area contributed by atoms with Gasteiger partial charge < -0.3 is 9.84 Å². The molecule has 0 spiro atoms. The molecule has 1 rings (SSSR count). The second-order valence-electron chi connectivity index (χ2n) is 3.42. The Morgan fingerprint density at radius 2 is 2.29 bits per heavy atom. The molecule has 1 aromatic carbocycles. The highest BCUT2D eigenvalue weighted by Gasteiger charge is 2.03. The van der Waals surface area contributed by atoms with Crippen LogP contribution in [0.2, 0.25) is 0 Å². The van der Waals surface area contributed by atoms with Gasteiger partial charge in [0.2, 0.25) is 0 Å². The third kappa shape index (κ3) is 4.17. The number of carbonyl (C=O) groups is 1. The van der Waals surface area contributed by atoms with Crippen LogP contribution < -0.4 is 5.32 Å². The highest BCUT2D eigenvalue weighted by atomic mass is 16.5. The summed E-state index contributed by atoms with van der Waals surface area (Å²) in [5.74, 6) is 5.76. The number of methoxy groups -OCH3 is 1. The Morgan fingerprint density at radius 1 is 1.53 bits per heavy atom. The molecule has 2 N–H and O–H groups in total. The number of benzene rings is 1. The Kier molecular flexibility index (Phi) is 5.05. The molecule has 4 nitrogen and oxygen atoms in total. The lowest BCUT2D eigenvalue weighted by molar-refractivity contribution is 0.187. The summed E-state index contributed by atoms with van der Waals surface area (Å²) < 4.78 is 4.51. The number of nitrogens with one attached hydrogen (secondary N) is 1. The molecule has 1 amide bonds. The first kappa shape index (κ1) is 13.1. The lowest BCUT2D eigenvalue weighted by Crippen LogP contribution is -2.11. The quantitative estimate of drug-likeness (QED) is 0.767. The molecule has 0 aliphatic carbocycles. The zero-order valence-corrected chi connectivity index (χ0v) is 9.91. The van der Waals surface area contributed by atoms with Gasteiger partial charge in [0, 0.05) is 17.7 Å². The predicted molar refractivity (Wildman–Crippen MR) is 65.8 cm³/mol. The van der Waals surface area contributed by atoms with Crippen LogP contribution in [0.25, 0.3) is 0 Å². The van der Waals surface area contributed by atoms with Crippen LogP contribution in [0.15, 0.2) is 18.2 Å². The van der Waals surface area contributed by atoms with Crippen LogP contribution in [0, 0.1) is 18.8 Å². The second kappa shape index (κ2) is 6.56. The molecule has 0 radical (unpaired) electrons. The van der Waals surface area contributed by atoms with E-state index >= 15 is 0 Å². The fraction of sp³-hybridized carbons (Fsp3) is 0.308. The van der Waals surface area contributed by atoms with Crippen molar-refractivity contribution in [1.82, 2.24) is 0 Å². The number of aliphatic hydroxyl groups is 1. The minimum absolute atomic E-state index is 0.0635. The number of carbonyl (C=O) groups excluding carboxylic acids is 1. The second-order valence-corrected chi connectivity index (χ2v) is 3.42. The van der Waals surface area contributed by atoms with Gasteiger partial charge in [-0.3, -0.25) is 5.32 Å². The van der Waals surface area contributed by atoms with E-state index in [4.69, 9.17) is 5.11 Å². The van der Waals surface area contributed by atoms with E-state index < -0.39 is 6.09 Å². The minimum atomic E-state index is -0.493. The van der Waals surface area contributed by atoms with E-state index in [0.29, 0.717) is 12.1 Å². The molecule has 0 fully saturated rings. The van der Waals surface area contributed by atoms with Crippen molar-refractivity contribution >= 4 is 11.8 Å². The summed E-state index contributed by atoms with van der Waals surface area (Å²) >= 11 is 0. The lowest BCUT2D eigenvalue weighted by atomic mass is 10.1. The fourth-order valence-corrected chi connectivity index (χ4v) is 1.26. The molecule has 0 unspecified atom stereocenters. The monoisotopic (exact) mass is 233 g/mol. The van der Waals surface area contributed by atoms with Gasteiger partial charge in [0.15, 0.2) is 0 Å². The normalized spacial score (nSPS) is 9.12. The smallest absolute Gasteiger partial charge is 0.411 e. The zero-order chi connectivity index (χ0) is 12.7. The first-order valence-electron chi connectivity index (χ1n) is 5.22. The van der Waals surface area contributed by atoms with Gasteiger partial charge in [-0.1, -0.05) is 11.8 Å². The maximum Gasteiger partial charge on any atom is 0.411 e. The number of aryl methyl sites for hydroxylation is 1. The van der Waals surface area contributed by atoms with Crippen molar-refractivity contribution in [2.75, 3.05) is 19.0 Å². The van der Waals surface area contributed by atoms with Crippen LogP contribution in [0.4, 0.5) is 10.5 Å². The van der Waals surface area contributed by atoms with Gasteiger partial charge in [0.1, 0.15) is 0 Å². The van der Waals surface area contributed by atoms with E-state index in [0.717, 1.165) is 11.1 Å². The predicted octanol–water partition coefficient (Wildman–Crippen LogP) is 1.91. The molecular weight excluding hydrogens is 218 g/mol. The van der Waals surface area contributed by atoms with Gasteiger partial charge in [-0.05, 0) is 30.7 Å². The largest absolute Gasteiger partial charge is 0.453 e. The van der Waals surface area contributed by atoms with Crippen LogP contribution >= 0.6 is 0 Å². The third-order valence-corrected chi connectivity index (χ3v) is 2.12. The molecule has 0 aliphatic heterocycles. The number of anilines is 1. The first-order chi connectivity index (χ1) is 8.17. The van der Waals surface area contributed by atoms with Crippen LogP contribution in [-0.2, 0) is 4.74 Å². The number of ether oxygens (including phenoxy) is 1. The Hall–Kier alpha value is -1.99. The maximum atomic E-state index is 11.0. The summed E-state index contributed by atoms with van der Waals surface area (Å²) in [5, 5.41) is 11.2. The van der Waals surface area contributed by atoms with E-state index in [1.807, 2.05) is 19.1 Å². The standard InChI is InChI=1S/C13H15NO3/c1-10-9-11(5-3-4-8-15)6-7-12(10)14-13(16)17-2/h6-7,9,15H,4,8H2,1-2H3,(H,14,16). The molecule has 0 aromatic heterocycles. The Bertz CT molecular complexity index is 457. The number of aliphatic hydroxyl groups excluding tert-OH is 1. The topological polar surface area (TPSA) is 58.6 Å². The molecule has 1 aromatic rings. The SMILES string of the molecule is COC(=O)Nc1ccc(C#CCCO)cc1C. The van der Waals surface area contributed by atoms with Crippen molar-refractivity contribution < 1.29 is 14.6 Å². The average molecular weight is 233 g/mol. The molecule has 4 heteroatoms. The highest BCUT2D eigenvalue weighted by Crippen LogP contribution is 2.16. The van der Waals surface area contributed by atoms with Gasteiger partial charge in [0.25, 0.3) is 0 Å². The molecule has 17 heavy (non-hydrogen) atoms. The van der Waals surface area contributed by atoms with Crippen molar-refractivity contribution in [2.45, 2.75) is 13.3 Å². The summed E-state index contributed by atoms with van der Waals surface area (Å²) in [6.45, 7) is 1.94. The van der Waals surface area contributed by atoms with Gasteiger partial charge in [-0.25, -0.2) is 4.79 Å². The molecule has 0 bridgehead atoms. The Labute approximate surface area is 101 Å². The van der Waals surface area contributed by atoms with E-state index in [2.05, 4.69) is 21.9 Å². The first-order valence-corrected chi connectivity index (χ1v) is 5.22. The van der Waals surface area contributed by atoms with Gasteiger partial charge in [0.05, 0.1) is 13.7 Å². The zero-order valence-electron chi connectivity index (χ0n) is 9.91. The van der Waals surface area contributed by atoms with Crippen LogP contribution in [0.5, 0.6) is 0 Å². The molecular formula is C13H15NO3. The molecule has 0 aliphatic rings. The van der Waals surface area contributed by atoms with Crippen molar-refractivity contribution in [2.24, 2.45) is 0 Å².